The van der Waals surface area contributed by atoms with Crippen molar-refractivity contribution in [2.75, 3.05) is 13.2 Å². The van der Waals surface area contributed by atoms with Crippen LogP contribution in [-0.2, 0) is 20.0 Å². The highest BCUT2D eigenvalue weighted by Gasteiger charge is 2.43. The van der Waals surface area contributed by atoms with Gasteiger partial charge in [-0.15, -0.1) is 0 Å². The zero-order chi connectivity index (χ0) is 14.4. The maximum atomic E-state index is 12.7. The molecule has 0 aliphatic carbocycles. The van der Waals surface area contributed by atoms with E-state index in [0.717, 1.165) is 6.42 Å². The van der Waals surface area contributed by atoms with Crippen LogP contribution in [0.15, 0.2) is 30.3 Å². The number of rotatable bonds is 8. The smallest absolute Gasteiger partial charge is 0.315 e. The summed E-state index contributed by atoms with van der Waals surface area (Å²) in [6.07, 6.45) is 1.30. The van der Waals surface area contributed by atoms with Gasteiger partial charge in [0.05, 0.1) is 13.2 Å². The molecule has 0 heterocycles. The van der Waals surface area contributed by atoms with Crippen molar-refractivity contribution in [1.82, 2.24) is 0 Å². The molecule has 0 radical (unpaired) electrons. The summed E-state index contributed by atoms with van der Waals surface area (Å²) in [5.74, 6) is 0. The van der Waals surface area contributed by atoms with Gasteiger partial charge in [0.1, 0.15) is 5.28 Å². The van der Waals surface area contributed by atoms with Gasteiger partial charge in [-0.1, -0.05) is 30.3 Å². The van der Waals surface area contributed by atoms with Crippen molar-refractivity contribution in [3.05, 3.63) is 35.9 Å². The fraction of sp³-hybridized carbons (Fsp3) is 0.571. The van der Waals surface area contributed by atoms with E-state index in [1.54, 1.807) is 20.8 Å². The van der Waals surface area contributed by atoms with E-state index >= 15 is 0 Å². The molecule has 1 unspecified atom stereocenters. The Labute approximate surface area is 115 Å². The van der Waals surface area contributed by atoms with E-state index in [2.05, 4.69) is 0 Å². The monoisotopic (exact) mass is 285 g/mol. The molecule has 4 nitrogen and oxygen atoms in total. The quantitative estimate of drug-likeness (QED) is 0.742. The molecule has 0 aromatic heterocycles. The van der Waals surface area contributed by atoms with Crippen LogP contribution >= 0.6 is 7.60 Å². The fourth-order valence-electron chi connectivity index (χ4n) is 1.85. The molecule has 5 heteroatoms. The Morgan fingerprint density at radius 1 is 1.16 bits per heavy atom. The summed E-state index contributed by atoms with van der Waals surface area (Å²) >= 11 is 0. The van der Waals surface area contributed by atoms with Gasteiger partial charge in [-0.05, 0) is 39.2 Å². The molecular weight excluding hydrogens is 261 g/mol. The summed E-state index contributed by atoms with van der Waals surface area (Å²) in [6.45, 7) is 5.98. The largest absolute Gasteiger partial charge is 0.350 e. The average Bonchev–Trinajstić information content (AvgIpc) is 2.38. The maximum Gasteiger partial charge on any atom is 0.350 e. The fourth-order valence-corrected chi connectivity index (χ4v) is 3.58. The summed E-state index contributed by atoms with van der Waals surface area (Å²) in [5.41, 5.74) is 7.37. The molecule has 108 valence electrons. The lowest BCUT2D eigenvalue weighted by atomic mass is 10.1. The zero-order valence-electron chi connectivity index (χ0n) is 12.0. The van der Waals surface area contributed by atoms with Crippen LogP contribution in [0.1, 0.15) is 32.8 Å². The van der Waals surface area contributed by atoms with Crippen molar-refractivity contribution in [3.8, 4) is 0 Å². The SMILES string of the molecule is CCOP(=O)(OCC)C(C)(N)CCc1ccccc1. The molecule has 0 saturated heterocycles. The third-order valence-electron chi connectivity index (χ3n) is 2.99. The number of nitrogens with two attached hydrogens (primary N) is 1. The molecule has 0 spiro atoms. The summed E-state index contributed by atoms with van der Waals surface area (Å²) in [4.78, 5) is 0. The van der Waals surface area contributed by atoms with Gasteiger partial charge in [-0.25, -0.2) is 0 Å². The lowest BCUT2D eigenvalue weighted by Crippen LogP contribution is -2.38. The first-order valence-corrected chi connectivity index (χ1v) is 8.21. The van der Waals surface area contributed by atoms with Crippen LogP contribution < -0.4 is 5.73 Å². The first kappa shape index (κ1) is 16.4. The Kier molecular flexibility index (Phi) is 6.21. The molecule has 0 amide bonds. The Hall–Kier alpha value is -0.670. The van der Waals surface area contributed by atoms with Gasteiger partial charge >= 0.3 is 7.60 Å². The van der Waals surface area contributed by atoms with E-state index in [-0.39, 0.29) is 0 Å². The van der Waals surface area contributed by atoms with Crippen molar-refractivity contribution in [2.45, 2.75) is 38.9 Å². The molecule has 2 N–H and O–H groups in total. The predicted molar refractivity (Wildman–Crippen MR) is 78.2 cm³/mol. The van der Waals surface area contributed by atoms with Crippen molar-refractivity contribution >= 4 is 7.60 Å². The molecule has 19 heavy (non-hydrogen) atoms. The molecule has 0 saturated carbocycles. The van der Waals surface area contributed by atoms with E-state index in [4.69, 9.17) is 14.8 Å². The number of aryl methyl sites for hydroxylation is 1. The average molecular weight is 285 g/mol. The van der Waals surface area contributed by atoms with Crippen LogP contribution in [0.2, 0.25) is 0 Å². The summed E-state index contributed by atoms with van der Waals surface area (Å²) in [6, 6.07) is 9.99. The highest BCUT2D eigenvalue weighted by atomic mass is 31.2. The first-order chi connectivity index (χ1) is 8.95. The van der Waals surface area contributed by atoms with Crippen LogP contribution in [0.4, 0.5) is 0 Å². The van der Waals surface area contributed by atoms with Crippen LogP contribution in [-0.4, -0.2) is 18.5 Å². The number of hydrogen-bond donors (Lipinski definition) is 1. The standard InChI is InChI=1S/C14H24NO3P/c1-4-17-19(16,18-5-2)14(3,15)12-11-13-9-7-6-8-10-13/h6-10H,4-5,11-12,15H2,1-3H3. The minimum absolute atomic E-state index is 0.329. The van der Waals surface area contributed by atoms with Crippen LogP contribution in [0.25, 0.3) is 0 Å². The summed E-state index contributed by atoms with van der Waals surface area (Å²) < 4.78 is 23.3. The Balaban J connectivity index is 2.74. The van der Waals surface area contributed by atoms with Crippen LogP contribution in [0.5, 0.6) is 0 Å². The molecule has 1 atom stereocenters. The lowest BCUT2D eigenvalue weighted by Gasteiger charge is -2.32. The van der Waals surface area contributed by atoms with E-state index in [1.165, 1.54) is 5.56 Å². The van der Waals surface area contributed by atoms with E-state index < -0.39 is 12.9 Å². The van der Waals surface area contributed by atoms with Gasteiger partial charge in [0.15, 0.2) is 0 Å². The van der Waals surface area contributed by atoms with Gasteiger partial charge in [-0.2, -0.15) is 0 Å². The second-order valence-corrected chi connectivity index (χ2v) is 7.21. The van der Waals surface area contributed by atoms with Crippen molar-refractivity contribution in [2.24, 2.45) is 5.73 Å². The zero-order valence-corrected chi connectivity index (χ0v) is 12.9. The number of benzene rings is 1. The first-order valence-electron chi connectivity index (χ1n) is 6.67. The number of hydrogen-bond acceptors (Lipinski definition) is 4. The van der Waals surface area contributed by atoms with Gasteiger partial charge < -0.3 is 14.8 Å². The van der Waals surface area contributed by atoms with Crippen molar-refractivity contribution < 1.29 is 13.6 Å². The Morgan fingerprint density at radius 3 is 2.16 bits per heavy atom. The highest BCUT2D eigenvalue weighted by molar-refractivity contribution is 7.55. The normalized spacial score (nSPS) is 15.2. The highest BCUT2D eigenvalue weighted by Crippen LogP contribution is 2.58. The van der Waals surface area contributed by atoms with Crippen LogP contribution in [0, 0.1) is 0 Å². The summed E-state index contributed by atoms with van der Waals surface area (Å²) in [7, 11) is -3.28. The predicted octanol–water partition coefficient (Wildman–Crippen LogP) is 3.56. The molecule has 0 aliphatic heterocycles. The van der Waals surface area contributed by atoms with Gasteiger partial charge in [0, 0.05) is 0 Å². The van der Waals surface area contributed by atoms with Gasteiger partial charge in [0.25, 0.3) is 0 Å². The lowest BCUT2D eigenvalue weighted by molar-refractivity contribution is 0.196. The Morgan fingerprint density at radius 2 is 1.68 bits per heavy atom. The summed E-state index contributed by atoms with van der Waals surface area (Å²) in [5, 5.41) is -0.977. The van der Waals surface area contributed by atoms with E-state index in [9.17, 15) is 4.57 Å². The molecular formula is C14H24NO3P. The molecule has 1 aromatic rings. The molecule has 1 rings (SSSR count). The third-order valence-corrected chi connectivity index (χ3v) is 5.66. The minimum atomic E-state index is -3.28. The maximum absolute atomic E-state index is 12.7. The van der Waals surface area contributed by atoms with E-state index in [0.29, 0.717) is 19.6 Å². The Bertz CT molecular complexity index is 410. The molecule has 0 bridgehead atoms. The topological polar surface area (TPSA) is 61.5 Å². The minimum Gasteiger partial charge on any atom is -0.315 e. The molecule has 0 aliphatic rings. The van der Waals surface area contributed by atoms with Crippen LogP contribution in [0.3, 0.4) is 0 Å². The third kappa shape index (κ3) is 4.43. The second kappa shape index (κ2) is 7.20. The van der Waals surface area contributed by atoms with Gasteiger partial charge in [-0.3, -0.25) is 4.57 Å². The van der Waals surface area contributed by atoms with E-state index in [1.807, 2.05) is 30.3 Å². The van der Waals surface area contributed by atoms with Gasteiger partial charge in [0.2, 0.25) is 0 Å². The van der Waals surface area contributed by atoms with Crippen molar-refractivity contribution in [1.29, 1.82) is 0 Å². The molecule has 0 fully saturated rings. The second-order valence-electron chi connectivity index (χ2n) is 4.68. The van der Waals surface area contributed by atoms with Crippen molar-refractivity contribution in [3.63, 3.8) is 0 Å². The molecule has 1 aromatic carbocycles.